The van der Waals surface area contributed by atoms with E-state index in [1.165, 1.54) is 0 Å². The van der Waals surface area contributed by atoms with Crippen LogP contribution in [0.15, 0.2) is 6.07 Å². The maximum Gasteiger partial charge on any atom is 0.274 e. The van der Waals surface area contributed by atoms with E-state index in [2.05, 4.69) is 37.9 Å². The molecule has 5 heteroatoms. The average Bonchev–Trinajstić information content (AvgIpc) is 2.89. The fourth-order valence-electron chi connectivity index (χ4n) is 3.11. The van der Waals surface area contributed by atoms with Crippen LogP contribution >= 0.6 is 0 Å². The minimum atomic E-state index is -0.685. The number of piperidine rings is 1. The lowest BCUT2D eigenvalue weighted by atomic mass is 9.78. The van der Waals surface area contributed by atoms with Crippen LogP contribution in [0.25, 0.3) is 0 Å². The van der Waals surface area contributed by atoms with Crippen molar-refractivity contribution in [3.63, 3.8) is 0 Å². The number of likely N-dealkylation sites (tertiary alicyclic amines) is 1. The van der Waals surface area contributed by atoms with Gasteiger partial charge in [-0.15, -0.1) is 0 Å². The number of aromatic nitrogens is 2. The number of aliphatic hydroxyl groups is 1. The molecule has 2 rings (SSSR count). The Hall–Kier alpha value is -1.36. The van der Waals surface area contributed by atoms with E-state index in [1.54, 1.807) is 0 Å². The van der Waals surface area contributed by atoms with Crippen molar-refractivity contribution in [2.24, 2.45) is 11.8 Å². The van der Waals surface area contributed by atoms with E-state index in [-0.39, 0.29) is 11.8 Å². The van der Waals surface area contributed by atoms with Crippen molar-refractivity contribution >= 4 is 5.91 Å². The topological polar surface area (TPSA) is 69.2 Å². The predicted molar refractivity (Wildman–Crippen MR) is 86.8 cm³/mol. The summed E-state index contributed by atoms with van der Waals surface area (Å²) in [5.74, 6) is 0.912. The van der Waals surface area contributed by atoms with Crippen LogP contribution in [0.1, 0.15) is 69.6 Å². The Balaban J connectivity index is 2.09. The highest BCUT2D eigenvalue weighted by Crippen LogP contribution is 2.32. The summed E-state index contributed by atoms with van der Waals surface area (Å²) < 4.78 is 0. The molecule has 0 aliphatic carbocycles. The molecule has 2 heterocycles. The van der Waals surface area contributed by atoms with Crippen LogP contribution in [0, 0.1) is 11.8 Å². The van der Waals surface area contributed by atoms with Crippen LogP contribution in [-0.2, 0) is 0 Å². The Kier molecular flexibility index (Phi) is 4.95. The summed E-state index contributed by atoms with van der Waals surface area (Å²) in [5.41, 5.74) is 0.773. The Morgan fingerprint density at radius 2 is 2.18 bits per heavy atom. The second-order valence-corrected chi connectivity index (χ2v) is 7.55. The molecule has 0 radical (unpaired) electrons. The van der Waals surface area contributed by atoms with Crippen LogP contribution in [-0.4, -0.2) is 44.8 Å². The van der Waals surface area contributed by atoms with Gasteiger partial charge in [-0.05, 0) is 37.7 Å². The summed E-state index contributed by atoms with van der Waals surface area (Å²) in [5, 5.41) is 17.7. The SMILES string of the molecule is CC(C)C[C@H]1CN(C(=O)c2cc(C(C)C)[nH]n2)CC[C@@]1(C)O. The zero-order valence-corrected chi connectivity index (χ0v) is 14.4. The molecule has 124 valence electrons. The van der Waals surface area contributed by atoms with Gasteiger partial charge in [-0.25, -0.2) is 0 Å². The van der Waals surface area contributed by atoms with Crippen molar-refractivity contribution in [1.82, 2.24) is 15.1 Å². The second-order valence-electron chi connectivity index (χ2n) is 7.55. The van der Waals surface area contributed by atoms with Crippen molar-refractivity contribution in [3.05, 3.63) is 17.5 Å². The third kappa shape index (κ3) is 3.69. The summed E-state index contributed by atoms with van der Waals surface area (Å²) in [6.07, 6.45) is 1.55. The van der Waals surface area contributed by atoms with E-state index >= 15 is 0 Å². The summed E-state index contributed by atoms with van der Waals surface area (Å²) in [4.78, 5) is 14.5. The van der Waals surface area contributed by atoms with E-state index in [1.807, 2.05) is 17.9 Å². The van der Waals surface area contributed by atoms with E-state index in [9.17, 15) is 9.90 Å². The zero-order chi connectivity index (χ0) is 16.5. The van der Waals surface area contributed by atoms with Crippen LogP contribution in [0.5, 0.6) is 0 Å². The first-order valence-corrected chi connectivity index (χ1v) is 8.27. The summed E-state index contributed by atoms with van der Waals surface area (Å²) in [7, 11) is 0. The highest BCUT2D eigenvalue weighted by atomic mass is 16.3. The van der Waals surface area contributed by atoms with Crippen LogP contribution in [0.3, 0.4) is 0 Å². The van der Waals surface area contributed by atoms with E-state index < -0.39 is 5.60 Å². The molecule has 1 aromatic rings. The number of nitrogens with one attached hydrogen (secondary N) is 1. The number of carbonyl (C=O) groups excluding carboxylic acids is 1. The Morgan fingerprint density at radius 1 is 1.50 bits per heavy atom. The molecule has 1 saturated heterocycles. The van der Waals surface area contributed by atoms with Gasteiger partial charge in [0.05, 0.1) is 5.60 Å². The van der Waals surface area contributed by atoms with Gasteiger partial charge in [0.15, 0.2) is 0 Å². The number of H-pyrrole nitrogens is 1. The van der Waals surface area contributed by atoms with Crippen molar-refractivity contribution in [3.8, 4) is 0 Å². The Bertz CT molecular complexity index is 520. The average molecular weight is 307 g/mol. The van der Waals surface area contributed by atoms with Gasteiger partial charge in [0.1, 0.15) is 5.69 Å². The molecular formula is C17H29N3O2. The molecule has 0 spiro atoms. The summed E-state index contributed by atoms with van der Waals surface area (Å²) in [6.45, 7) is 11.5. The molecule has 1 aromatic heterocycles. The van der Waals surface area contributed by atoms with Crippen molar-refractivity contribution in [2.45, 2.75) is 59.0 Å². The molecule has 2 atom stereocenters. The van der Waals surface area contributed by atoms with Crippen molar-refractivity contribution < 1.29 is 9.90 Å². The van der Waals surface area contributed by atoms with E-state index in [0.29, 0.717) is 37.0 Å². The highest BCUT2D eigenvalue weighted by molar-refractivity contribution is 5.92. The third-order valence-electron chi connectivity index (χ3n) is 4.69. The lowest BCUT2D eigenvalue weighted by Gasteiger charge is -2.43. The highest BCUT2D eigenvalue weighted by Gasteiger charge is 2.39. The molecule has 0 aromatic carbocycles. The van der Waals surface area contributed by atoms with Crippen molar-refractivity contribution in [1.29, 1.82) is 0 Å². The summed E-state index contributed by atoms with van der Waals surface area (Å²) >= 11 is 0. The molecule has 1 aliphatic heterocycles. The predicted octanol–water partition coefficient (Wildman–Crippen LogP) is 2.79. The first-order valence-electron chi connectivity index (χ1n) is 8.27. The standard InChI is InChI=1S/C17H29N3O2/c1-11(2)8-13-10-20(7-6-17(13,5)22)16(21)15-9-14(12(3)4)18-19-15/h9,11-13,22H,6-8,10H2,1-5H3,(H,18,19)/t13-,17+/m0/s1. The lowest BCUT2D eigenvalue weighted by molar-refractivity contribution is -0.0578. The first-order chi connectivity index (χ1) is 10.2. The van der Waals surface area contributed by atoms with Crippen LogP contribution < -0.4 is 0 Å². The molecule has 1 fully saturated rings. The molecule has 1 aliphatic rings. The van der Waals surface area contributed by atoms with Crippen molar-refractivity contribution in [2.75, 3.05) is 13.1 Å². The number of amides is 1. The van der Waals surface area contributed by atoms with Gasteiger partial charge < -0.3 is 10.0 Å². The fourth-order valence-corrected chi connectivity index (χ4v) is 3.11. The molecule has 0 saturated carbocycles. The molecule has 5 nitrogen and oxygen atoms in total. The lowest BCUT2D eigenvalue weighted by Crippen LogP contribution is -2.52. The first kappa shape index (κ1) is 17.0. The van der Waals surface area contributed by atoms with E-state index in [4.69, 9.17) is 0 Å². The largest absolute Gasteiger partial charge is 0.390 e. The normalized spacial score (nSPS) is 26.0. The van der Waals surface area contributed by atoms with Gasteiger partial charge in [0, 0.05) is 24.7 Å². The fraction of sp³-hybridized carbons (Fsp3) is 0.765. The molecule has 0 bridgehead atoms. The maximum absolute atomic E-state index is 12.6. The molecule has 22 heavy (non-hydrogen) atoms. The number of nitrogens with zero attached hydrogens (tertiary/aromatic N) is 2. The molecule has 0 unspecified atom stereocenters. The van der Waals surface area contributed by atoms with Gasteiger partial charge in [0.25, 0.3) is 5.91 Å². The Labute approximate surface area is 133 Å². The molecule has 1 amide bonds. The van der Waals surface area contributed by atoms with Gasteiger partial charge in [0.2, 0.25) is 0 Å². The maximum atomic E-state index is 12.6. The third-order valence-corrected chi connectivity index (χ3v) is 4.69. The minimum Gasteiger partial charge on any atom is -0.390 e. The smallest absolute Gasteiger partial charge is 0.274 e. The van der Waals surface area contributed by atoms with Gasteiger partial charge in [-0.2, -0.15) is 5.10 Å². The number of aromatic amines is 1. The summed E-state index contributed by atoms with van der Waals surface area (Å²) in [6, 6.07) is 1.84. The Morgan fingerprint density at radius 3 is 2.73 bits per heavy atom. The quantitative estimate of drug-likeness (QED) is 0.898. The second kappa shape index (κ2) is 6.41. The van der Waals surface area contributed by atoms with Gasteiger partial charge in [-0.1, -0.05) is 27.7 Å². The monoisotopic (exact) mass is 307 g/mol. The van der Waals surface area contributed by atoms with Gasteiger partial charge in [-0.3, -0.25) is 9.89 Å². The minimum absolute atomic E-state index is 0.0348. The molecule has 2 N–H and O–H groups in total. The van der Waals surface area contributed by atoms with E-state index in [0.717, 1.165) is 12.1 Å². The van der Waals surface area contributed by atoms with Crippen LogP contribution in [0.2, 0.25) is 0 Å². The number of hydrogen-bond donors (Lipinski definition) is 2. The number of hydrogen-bond acceptors (Lipinski definition) is 3. The zero-order valence-electron chi connectivity index (χ0n) is 14.4. The number of carbonyl (C=O) groups is 1. The van der Waals surface area contributed by atoms with Crippen LogP contribution in [0.4, 0.5) is 0 Å². The molecular weight excluding hydrogens is 278 g/mol. The number of rotatable bonds is 4. The van der Waals surface area contributed by atoms with Gasteiger partial charge >= 0.3 is 0 Å².